The van der Waals surface area contributed by atoms with E-state index in [-0.39, 0.29) is 25.4 Å². The molecule has 0 bridgehead atoms. The first-order chi connectivity index (χ1) is 14.9. The standard InChI is InChI=1S/C23H34N2O6/c1-4-5-6-10-13-20(26)24-17(2)22(28)25-19(23(29)30-3)14-15-21(27)31-16-18-11-8-7-9-12-18/h7-9,11-12,17,19H,4-6,10,13-16H2,1-3H3,(H,24,26)(H,25,28)/t17-,19+/m0/s1. The van der Waals surface area contributed by atoms with Gasteiger partial charge in [0, 0.05) is 12.8 Å². The molecule has 0 heterocycles. The van der Waals surface area contributed by atoms with Crippen LogP contribution in [0.3, 0.4) is 0 Å². The van der Waals surface area contributed by atoms with Crippen LogP contribution in [0.5, 0.6) is 0 Å². The van der Waals surface area contributed by atoms with Gasteiger partial charge in [0.1, 0.15) is 18.7 Å². The molecule has 172 valence electrons. The number of carbonyl (C=O) groups excluding carboxylic acids is 4. The highest BCUT2D eigenvalue weighted by atomic mass is 16.5. The second-order valence-corrected chi connectivity index (χ2v) is 7.37. The van der Waals surface area contributed by atoms with Crippen molar-refractivity contribution in [2.24, 2.45) is 0 Å². The van der Waals surface area contributed by atoms with Crippen LogP contribution < -0.4 is 10.6 Å². The maximum Gasteiger partial charge on any atom is 0.328 e. The summed E-state index contributed by atoms with van der Waals surface area (Å²) in [6, 6.07) is 7.41. The molecule has 0 fully saturated rings. The Morgan fingerprint density at radius 3 is 2.32 bits per heavy atom. The molecule has 0 radical (unpaired) electrons. The second kappa shape index (κ2) is 15.0. The van der Waals surface area contributed by atoms with E-state index in [2.05, 4.69) is 17.6 Å². The zero-order valence-corrected chi connectivity index (χ0v) is 18.6. The Hall–Kier alpha value is -2.90. The minimum Gasteiger partial charge on any atom is -0.467 e. The first kappa shape index (κ1) is 26.1. The molecule has 1 rings (SSSR count). The summed E-state index contributed by atoms with van der Waals surface area (Å²) in [7, 11) is 1.21. The number of carbonyl (C=O) groups is 4. The normalized spacial score (nSPS) is 12.4. The van der Waals surface area contributed by atoms with Crippen LogP contribution in [0.25, 0.3) is 0 Å². The number of rotatable bonds is 14. The van der Waals surface area contributed by atoms with E-state index < -0.39 is 29.9 Å². The number of ether oxygens (including phenoxy) is 2. The lowest BCUT2D eigenvalue weighted by atomic mass is 10.1. The van der Waals surface area contributed by atoms with E-state index in [1.165, 1.54) is 7.11 Å². The number of esters is 2. The van der Waals surface area contributed by atoms with Gasteiger partial charge in [-0.05, 0) is 25.3 Å². The summed E-state index contributed by atoms with van der Waals surface area (Å²) in [4.78, 5) is 48.4. The smallest absolute Gasteiger partial charge is 0.328 e. The lowest BCUT2D eigenvalue weighted by Gasteiger charge is -2.20. The summed E-state index contributed by atoms with van der Waals surface area (Å²) in [5, 5.41) is 5.17. The van der Waals surface area contributed by atoms with Crippen LogP contribution in [0, 0.1) is 0 Å². The Kier molecular flexibility index (Phi) is 12.6. The number of hydrogen-bond acceptors (Lipinski definition) is 6. The van der Waals surface area contributed by atoms with Gasteiger partial charge in [-0.1, -0.05) is 56.5 Å². The molecular formula is C23H34N2O6. The number of unbranched alkanes of at least 4 members (excludes halogenated alkanes) is 3. The third-order valence-electron chi connectivity index (χ3n) is 4.71. The van der Waals surface area contributed by atoms with E-state index in [0.29, 0.717) is 6.42 Å². The highest BCUT2D eigenvalue weighted by molar-refractivity contribution is 5.90. The molecule has 0 aromatic heterocycles. The lowest BCUT2D eigenvalue weighted by molar-refractivity contribution is -0.148. The van der Waals surface area contributed by atoms with Crippen LogP contribution in [0.2, 0.25) is 0 Å². The van der Waals surface area contributed by atoms with E-state index in [4.69, 9.17) is 9.47 Å². The Labute approximate surface area is 184 Å². The van der Waals surface area contributed by atoms with E-state index >= 15 is 0 Å². The van der Waals surface area contributed by atoms with Gasteiger partial charge in [0.15, 0.2) is 0 Å². The van der Waals surface area contributed by atoms with Crippen LogP contribution in [0.1, 0.15) is 64.4 Å². The van der Waals surface area contributed by atoms with E-state index in [1.807, 2.05) is 30.3 Å². The van der Waals surface area contributed by atoms with Crippen LogP contribution in [0.4, 0.5) is 0 Å². The molecule has 2 atom stereocenters. The Morgan fingerprint density at radius 1 is 0.968 bits per heavy atom. The van der Waals surface area contributed by atoms with Crippen molar-refractivity contribution < 1.29 is 28.7 Å². The lowest BCUT2D eigenvalue weighted by Crippen LogP contribution is -2.50. The molecule has 0 aliphatic rings. The third kappa shape index (κ3) is 11.2. The van der Waals surface area contributed by atoms with Gasteiger partial charge >= 0.3 is 11.9 Å². The van der Waals surface area contributed by atoms with Crippen LogP contribution in [-0.2, 0) is 35.3 Å². The van der Waals surface area contributed by atoms with Crippen molar-refractivity contribution in [3.63, 3.8) is 0 Å². The molecule has 1 aromatic rings. The zero-order chi connectivity index (χ0) is 23.1. The molecule has 0 spiro atoms. The van der Waals surface area contributed by atoms with E-state index in [1.54, 1.807) is 6.92 Å². The quantitative estimate of drug-likeness (QED) is 0.344. The molecule has 1 aromatic carbocycles. The first-order valence-corrected chi connectivity index (χ1v) is 10.7. The molecule has 0 aliphatic heterocycles. The average molecular weight is 435 g/mol. The van der Waals surface area contributed by atoms with Gasteiger partial charge in [-0.25, -0.2) is 4.79 Å². The minimum atomic E-state index is -1.01. The van der Waals surface area contributed by atoms with Crippen molar-refractivity contribution in [3.8, 4) is 0 Å². The van der Waals surface area contributed by atoms with Crippen molar-refractivity contribution in [1.82, 2.24) is 10.6 Å². The monoisotopic (exact) mass is 434 g/mol. The first-order valence-electron chi connectivity index (χ1n) is 10.7. The van der Waals surface area contributed by atoms with Gasteiger partial charge in [0.25, 0.3) is 0 Å². The maximum absolute atomic E-state index is 12.4. The number of methoxy groups -OCH3 is 1. The predicted octanol–water partition coefficient (Wildman–Crippen LogP) is 2.64. The van der Waals surface area contributed by atoms with Gasteiger partial charge in [-0.3, -0.25) is 14.4 Å². The van der Waals surface area contributed by atoms with Gasteiger partial charge in [0.05, 0.1) is 7.11 Å². The summed E-state index contributed by atoms with van der Waals surface area (Å²) in [5.41, 5.74) is 0.855. The van der Waals surface area contributed by atoms with Gasteiger partial charge in [-0.2, -0.15) is 0 Å². The molecule has 8 heteroatoms. The summed E-state index contributed by atoms with van der Waals surface area (Å²) >= 11 is 0. The van der Waals surface area contributed by atoms with Crippen molar-refractivity contribution in [2.45, 2.75) is 77.5 Å². The predicted molar refractivity (Wildman–Crippen MR) is 116 cm³/mol. The summed E-state index contributed by atoms with van der Waals surface area (Å²) < 4.78 is 9.91. The molecule has 0 saturated heterocycles. The van der Waals surface area contributed by atoms with E-state index in [0.717, 1.165) is 31.2 Å². The van der Waals surface area contributed by atoms with Crippen molar-refractivity contribution in [2.75, 3.05) is 7.11 Å². The molecule has 8 nitrogen and oxygen atoms in total. The molecule has 0 saturated carbocycles. The van der Waals surface area contributed by atoms with Crippen molar-refractivity contribution >= 4 is 23.8 Å². The molecule has 31 heavy (non-hydrogen) atoms. The highest BCUT2D eigenvalue weighted by Crippen LogP contribution is 2.06. The highest BCUT2D eigenvalue weighted by Gasteiger charge is 2.25. The van der Waals surface area contributed by atoms with Crippen LogP contribution >= 0.6 is 0 Å². The Balaban J connectivity index is 2.45. The van der Waals surface area contributed by atoms with Gasteiger partial charge in [-0.15, -0.1) is 0 Å². The van der Waals surface area contributed by atoms with Crippen molar-refractivity contribution in [1.29, 1.82) is 0 Å². The molecule has 0 aliphatic carbocycles. The number of benzene rings is 1. The minimum absolute atomic E-state index is 0.0315. The third-order valence-corrected chi connectivity index (χ3v) is 4.71. The second-order valence-electron chi connectivity index (χ2n) is 7.37. The maximum atomic E-state index is 12.4. The zero-order valence-electron chi connectivity index (χ0n) is 18.6. The van der Waals surface area contributed by atoms with Crippen LogP contribution in [-0.4, -0.2) is 42.9 Å². The summed E-state index contributed by atoms with van der Waals surface area (Å²) in [6.45, 7) is 3.77. The van der Waals surface area contributed by atoms with E-state index in [9.17, 15) is 19.2 Å². The number of amides is 2. The largest absolute Gasteiger partial charge is 0.467 e. The fourth-order valence-corrected chi connectivity index (χ4v) is 2.85. The van der Waals surface area contributed by atoms with Gasteiger partial charge < -0.3 is 20.1 Å². The SMILES string of the molecule is CCCCCCC(=O)N[C@@H](C)C(=O)N[C@H](CCC(=O)OCc1ccccc1)C(=O)OC. The summed E-state index contributed by atoms with van der Waals surface area (Å²) in [6.07, 6.45) is 4.20. The van der Waals surface area contributed by atoms with Gasteiger partial charge in [0.2, 0.25) is 11.8 Å². The molecule has 2 N–H and O–H groups in total. The number of nitrogens with one attached hydrogen (secondary N) is 2. The fourth-order valence-electron chi connectivity index (χ4n) is 2.85. The molecule has 2 amide bonds. The molecular weight excluding hydrogens is 400 g/mol. The Bertz CT molecular complexity index is 707. The van der Waals surface area contributed by atoms with Crippen LogP contribution in [0.15, 0.2) is 30.3 Å². The topological polar surface area (TPSA) is 111 Å². The average Bonchev–Trinajstić information content (AvgIpc) is 2.77. The summed E-state index contributed by atoms with van der Waals surface area (Å²) in [5.74, 6) is -1.88. The molecule has 0 unspecified atom stereocenters. The Morgan fingerprint density at radius 2 is 1.68 bits per heavy atom. The number of hydrogen-bond donors (Lipinski definition) is 2. The fraction of sp³-hybridized carbons (Fsp3) is 0.565. The van der Waals surface area contributed by atoms with Crippen molar-refractivity contribution in [3.05, 3.63) is 35.9 Å².